The van der Waals surface area contributed by atoms with Crippen molar-refractivity contribution in [2.75, 3.05) is 0 Å². The van der Waals surface area contributed by atoms with Gasteiger partial charge in [0.1, 0.15) is 5.78 Å². The van der Waals surface area contributed by atoms with E-state index >= 15 is 0 Å². The van der Waals surface area contributed by atoms with Gasteiger partial charge in [-0.1, -0.05) is 149 Å². The van der Waals surface area contributed by atoms with Crippen LogP contribution in [0.1, 0.15) is 209 Å². The third-order valence-corrected chi connectivity index (χ3v) is 8.59. The van der Waals surface area contributed by atoms with E-state index in [1.54, 1.807) is 0 Å². The van der Waals surface area contributed by atoms with Crippen molar-refractivity contribution < 1.29 is 19.5 Å². The average Bonchev–Trinajstić information content (AvgIpc) is 2.99. The van der Waals surface area contributed by atoms with Crippen molar-refractivity contribution in [1.29, 1.82) is 0 Å². The maximum absolute atomic E-state index is 12.6. The van der Waals surface area contributed by atoms with Crippen LogP contribution in [-0.2, 0) is 28.9 Å². The third-order valence-electron chi connectivity index (χ3n) is 8.59. The Hall–Kier alpha value is -1.97. The molecule has 0 spiro atoms. The van der Waals surface area contributed by atoms with E-state index in [2.05, 4.69) is 33.8 Å². The van der Waals surface area contributed by atoms with Crippen molar-refractivity contribution in [3.63, 3.8) is 0 Å². The number of aliphatic carboxylic acids is 1. The van der Waals surface area contributed by atoms with Gasteiger partial charge in [-0.05, 0) is 68.6 Å². The van der Waals surface area contributed by atoms with E-state index < -0.39 is 5.97 Å². The van der Waals surface area contributed by atoms with Crippen LogP contribution in [0.15, 0.2) is 12.1 Å². The molecule has 1 aromatic rings. The number of carboxylic acid groups (broad SMARTS) is 1. The monoisotopic (exact) mass is 615 g/mol. The first-order valence-electron chi connectivity index (χ1n) is 18.7. The molecule has 0 radical (unpaired) electrons. The van der Waals surface area contributed by atoms with E-state index in [0.717, 1.165) is 63.4 Å². The summed E-state index contributed by atoms with van der Waals surface area (Å²) < 4.78 is 0. The SMILES string of the molecule is CCCCCCCCCCCCCCCCCC(=O)O.CCCCc1ccc(C(=O)CC(C)=O)c(CCCC)c1CCCC. The molecule has 0 saturated heterocycles. The molecular weight excluding hydrogens is 544 g/mol. The molecule has 0 aliphatic heterocycles. The van der Waals surface area contributed by atoms with Crippen molar-refractivity contribution in [2.45, 2.75) is 202 Å². The number of carbonyl (C=O) groups excluding carboxylic acids is 2. The number of carboxylic acids is 1. The maximum Gasteiger partial charge on any atom is 0.303 e. The fourth-order valence-corrected chi connectivity index (χ4v) is 5.88. The van der Waals surface area contributed by atoms with Crippen molar-refractivity contribution in [3.05, 3.63) is 34.4 Å². The molecule has 0 aromatic heterocycles. The average molecular weight is 615 g/mol. The summed E-state index contributed by atoms with van der Waals surface area (Å²) in [6.07, 6.45) is 30.2. The highest BCUT2D eigenvalue weighted by Gasteiger charge is 2.18. The summed E-state index contributed by atoms with van der Waals surface area (Å²) >= 11 is 0. The zero-order chi connectivity index (χ0) is 32.8. The molecule has 1 aromatic carbocycles. The summed E-state index contributed by atoms with van der Waals surface area (Å²) in [6, 6.07) is 4.13. The molecule has 0 aliphatic rings. The summed E-state index contributed by atoms with van der Waals surface area (Å²) in [5.41, 5.74) is 4.83. The highest BCUT2D eigenvalue weighted by Crippen LogP contribution is 2.26. The second kappa shape index (κ2) is 29.7. The summed E-state index contributed by atoms with van der Waals surface area (Å²) in [5.74, 6) is -0.709. The molecule has 0 bridgehead atoms. The summed E-state index contributed by atoms with van der Waals surface area (Å²) in [5, 5.41) is 8.52. The second-order valence-corrected chi connectivity index (χ2v) is 12.9. The fraction of sp³-hybridized carbons (Fsp3) is 0.775. The van der Waals surface area contributed by atoms with Crippen LogP contribution in [0.2, 0.25) is 0 Å². The highest BCUT2D eigenvalue weighted by atomic mass is 16.4. The largest absolute Gasteiger partial charge is 0.481 e. The number of ketones is 2. The van der Waals surface area contributed by atoms with Crippen molar-refractivity contribution in [2.24, 2.45) is 0 Å². The van der Waals surface area contributed by atoms with Crippen LogP contribution in [-0.4, -0.2) is 22.6 Å². The lowest BCUT2D eigenvalue weighted by Crippen LogP contribution is -2.12. The van der Waals surface area contributed by atoms with E-state index in [9.17, 15) is 14.4 Å². The van der Waals surface area contributed by atoms with Crippen LogP contribution in [0.25, 0.3) is 0 Å². The van der Waals surface area contributed by atoms with Gasteiger partial charge in [0.15, 0.2) is 5.78 Å². The normalized spacial score (nSPS) is 10.8. The fourth-order valence-electron chi connectivity index (χ4n) is 5.88. The molecule has 0 atom stereocenters. The van der Waals surface area contributed by atoms with E-state index in [1.807, 2.05) is 6.07 Å². The second-order valence-electron chi connectivity index (χ2n) is 12.9. The minimum absolute atomic E-state index is 0.00612. The molecule has 0 fully saturated rings. The lowest BCUT2D eigenvalue weighted by Gasteiger charge is -2.18. The zero-order valence-electron chi connectivity index (χ0n) is 29.7. The zero-order valence-corrected chi connectivity index (χ0v) is 29.7. The lowest BCUT2D eigenvalue weighted by atomic mass is 9.86. The standard InChI is InChI=1S/C22H34O2.C18H36O2/c1-5-8-11-18-14-15-21(22(24)16-17(4)23)20(13-10-7-3)19(18)12-9-6-2;1-2-3-4-5-6-7-8-9-10-11-12-13-14-15-16-17-18(19)20/h14-15H,5-13,16H2,1-4H3;2-17H2,1H3,(H,19,20). The topological polar surface area (TPSA) is 71.4 Å². The Morgan fingerprint density at radius 3 is 1.36 bits per heavy atom. The van der Waals surface area contributed by atoms with Gasteiger partial charge in [0.2, 0.25) is 0 Å². The summed E-state index contributed by atoms with van der Waals surface area (Å²) in [6.45, 7) is 10.4. The van der Waals surface area contributed by atoms with Crippen molar-refractivity contribution in [3.8, 4) is 0 Å². The van der Waals surface area contributed by atoms with Crippen molar-refractivity contribution in [1.82, 2.24) is 0 Å². The molecular formula is C40H70O4. The molecule has 0 heterocycles. The molecule has 1 rings (SSSR count). The molecule has 4 nitrogen and oxygen atoms in total. The number of rotatable bonds is 28. The van der Waals surface area contributed by atoms with Gasteiger partial charge in [0.25, 0.3) is 0 Å². The van der Waals surface area contributed by atoms with Gasteiger partial charge in [-0.25, -0.2) is 0 Å². The first-order valence-corrected chi connectivity index (χ1v) is 18.7. The van der Waals surface area contributed by atoms with E-state index in [-0.39, 0.29) is 18.0 Å². The van der Waals surface area contributed by atoms with E-state index in [1.165, 1.54) is 120 Å². The molecule has 1 N–H and O–H groups in total. The van der Waals surface area contributed by atoms with Gasteiger partial charge >= 0.3 is 5.97 Å². The number of hydrogen-bond donors (Lipinski definition) is 1. The predicted octanol–water partition coefficient (Wildman–Crippen LogP) is 12.2. The van der Waals surface area contributed by atoms with Gasteiger partial charge in [-0.3, -0.25) is 14.4 Å². The molecule has 0 amide bonds. The van der Waals surface area contributed by atoms with Gasteiger partial charge in [0, 0.05) is 12.0 Å². The number of aryl methyl sites for hydroxylation is 1. The Balaban J connectivity index is 0.000000856. The van der Waals surface area contributed by atoms with Crippen LogP contribution in [0.3, 0.4) is 0 Å². The number of carbonyl (C=O) groups is 3. The van der Waals surface area contributed by atoms with Crippen LogP contribution >= 0.6 is 0 Å². The summed E-state index contributed by atoms with van der Waals surface area (Å²) in [7, 11) is 0. The van der Waals surface area contributed by atoms with Gasteiger partial charge in [-0.15, -0.1) is 0 Å². The van der Waals surface area contributed by atoms with Crippen molar-refractivity contribution >= 4 is 17.5 Å². The Morgan fingerprint density at radius 2 is 0.932 bits per heavy atom. The molecule has 0 saturated carbocycles. The molecule has 254 valence electrons. The molecule has 0 unspecified atom stereocenters. The predicted molar refractivity (Wildman–Crippen MR) is 189 cm³/mol. The molecule has 0 aliphatic carbocycles. The molecule has 4 heteroatoms. The van der Waals surface area contributed by atoms with Gasteiger partial charge in [0.05, 0.1) is 6.42 Å². The van der Waals surface area contributed by atoms with Crippen LogP contribution in [0, 0.1) is 0 Å². The number of hydrogen-bond acceptors (Lipinski definition) is 3. The number of Topliss-reactive ketones (excluding diaryl/α,β-unsaturated/α-hetero) is 2. The van der Waals surface area contributed by atoms with Gasteiger partial charge in [-0.2, -0.15) is 0 Å². The third kappa shape index (κ3) is 22.5. The highest BCUT2D eigenvalue weighted by molar-refractivity contribution is 6.08. The van der Waals surface area contributed by atoms with Crippen LogP contribution in [0.5, 0.6) is 0 Å². The Bertz CT molecular complexity index is 872. The summed E-state index contributed by atoms with van der Waals surface area (Å²) in [4.78, 5) is 34.3. The Labute approximate surface area is 272 Å². The maximum atomic E-state index is 12.6. The smallest absolute Gasteiger partial charge is 0.303 e. The van der Waals surface area contributed by atoms with E-state index in [4.69, 9.17) is 5.11 Å². The Morgan fingerprint density at radius 1 is 0.523 bits per heavy atom. The number of unbranched alkanes of at least 4 members (excludes halogenated alkanes) is 17. The van der Waals surface area contributed by atoms with E-state index in [0.29, 0.717) is 6.42 Å². The quantitative estimate of drug-likeness (QED) is 0.0579. The minimum Gasteiger partial charge on any atom is -0.481 e. The van der Waals surface area contributed by atoms with Crippen LogP contribution in [0.4, 0.5) is 0 Å². The first-order chi connectivity index (χ1) is 21.3. The minimum atomic E-state index is -0.653. The number of benzene rings is 1. The molecule has 44 heavy (non-hydrogen) atoms. The van der Waals surface area contributed by atoms with Gasteiger partial charge < -0.3 is 5.11 Å². The lowest BCUT2D eigenvalue weighted by molar-refractivity contribution is -0.137. The Kier molecular flexibility index (Phi) is 28.4. The first kappa shape index (κ1) is 42.0. The van der Waals surface area contributed by atoms with Crippen LogP contribution < -0.4 is 0 Å².